The first kappa shape index (κ1) is 20.9. The second kappa shape index (κ2) is 8.71. The first-order chi connectivity index (χ1) is 13.8. The number of hydrogen-bond acceptors (Lipinski definition) is 7. The number of halogens is 1. The van der Waals surface area contributed by atoms with Crippen molar-refractivity contribution >= 4 is 44.7 Å². The predicted octanol–water partition coefficient (Wildman–Crippen LogP) is 3.71. The third-order valence-corrected chi connectivity index (χ3v) is 5.12. The van der Waals surface area contributed by atoms with E-state index >= 15 is 0 Å². The first-order valence-electron chi connectivity index (χ1n) is 9.26. The predicted molar refractivity (Wildman–Crippen MR) is 115 cm³/mol. The van der Waals surface area contributed by atoms with E-state index in [-0.39, 0.29) is 6.54 Å². The summed E-state index contributed by atoms with van der Waals surface area (Å²) in [5.74, 6) is 0.110. The van der Waals surface area contributed by atoms with Gasteiger partial charge in [-0.15, -0.1) is 11.3 Å². The number of amides is 1. The highest BCUT2D eigenvalue weighted by molar-refractivity contribution is 7.16. The third-order valence-electron chi connectivity index (χ3n) is 4.33. The molecule has 1 unspecified atom stereocenters. The molecule has 0 aliphatic heterocycles. The monoisotopic (exact) mass is 417 g/mol. The molecule has 0 aliphatic rings. The van der Waals surface area contributed by atoms with Gasteiger partial charge in [0.1, 0.15) is 12.0 Å². The Morgan fingerprint density at radius 2 is 2.10 bits per heavy atom. The average Bonchev–Trinajstić information content (AvgIpc) is 3.13. The van der Waals surface area contributed by atoms with E-state index in [0.29, 0.717) is 23.6 Å². The molecule has 7 nitrogen and oxygen atoms in total. The summed E-state index contributed by atoms with van der Waals surface area (Å²) < 4.78 is 15.0. The molecule has 9 heteroatoms. The minimum absolute atomic E-state index is 0.289. The quantitative estimate of drug-likeness (QED) is 0.446. The molecule has 1 amide bonds. The number of rotatable bonds is 8. The van der Waals surface area contributed by atoms with Crippen LogP contribution in [-0.2, 0) is 0 Å². The van der Waals surface area contributed by atoms with Gasteiger partial charge in [-0.1, -0.05) is 0 Å². The molecule has 0 aliphatic carbocycles. The second-order valence-electron chi connectivity index (χ2n) is 7.14. The summed E-state index contributed by atoms with van der Waals surface area (Å²) in [7, 11) is 0. The summed E-state index contributed by atoms with van der Waals surface area (Å²) in [6.07, 6.45) is -0.136. The smallest absolute Gasteiger partial charge is 0.255 e. The van der Waals surface area contributed by atoms with Crippen LogP contribution in [-0.4, -0.2) is 45.8 Å². The van der Waals surface area contributed by atoms with Crippen LogP contribution in [0.2, 0.25) is 0 Å². The summed E-state index contributed by atoms with van der Waals surface area (Å²) in [5.41, 5.74) is 2.95. The van der Waals surface area contributed by atoms with Crippen molar-refractivity contribution < 1.29 is 14.3 Å². The zero-order valence-electron chi connectivity index (χ0n) is 16.5. The molecule has 2 aromatic heterocycles. The Balaban J connectivity index is 1.76. The van der Waals surface area contributed by atoms with Crippen molar-refractivity contribution in [2.75, 3.05) is 23.7 Å². The van der Waals surface area contributed by atoms with Crippen LogP contribution in [0, 0.1) is 0 Å². The number of alkyl halides is 1. The van der Waals surface area contributed by atoms with Gasteiger partial charge in [0.2, 0.25) is 0 Å². The minimum Gasteiger partial charge on any atom is -0.387 e. The molecule has 2 heterocycles. The maximum absolute atomic E-state index is 13.9. The van der Waals surface area contributed by atoms with Crippen molar-refractivity contribution in [3.8, 4) is 0 Å². The molecule has 154 valence electrons. The maximum Gasteiger partial charge on any atom is 0.255 e. The summed E-state index contributed by atoms with van der Waals surface area (Å²) >= 11 is 1.55. The van der Waals surface area contributed by atoms with Crippen LogP contribution in [0.5, 0.6) is 0 Å². The average molecular weight is 418 g/mol. The Morgan fingerprint density at radius 1 is 1.31 bits per heavy atom. The summed E-state index contributed by atoms with van der Waals surface area (Å²) in [6.45, 7) is 4.95. The lowest BCUT2D eigenvalue weighted by Crippen LogP contribution is -2.42. The van der Waals surface area contributed by atoms with Gasteiger partial charge in [0.15, 0.2) is 0 Å². The molecule has 1 aromatic carbocycles. The highest BCUT2D eigenvalue weighted by Gasteiger charge is 2.27. The molecule has 4 N–H and O–H groups in total. The van der Waals surface area contributed by atoms with Crippen molar-refractivity contribution in [3.05, 3.63) is 41.5 Å². The van der Waals surface area contributed by atoms with Crippen LogP contribution >= 0.6 is 11.3 Å². The summed E-state index contributed by atoms with van der Waals surface area (Å²) in [5, 5.41) is 18.5. The molecule has 0 saturated heterocycles. The molecule has 1 atom stereocenters. The second-order valence-corrected chi connectivity index (χ2v) is 8.02. The fourth-order valence-electron chi connectivity index (χ4n) is 2.65. The number of nitrogens with one attached hydrogen (secondary N) is 3. The zero-order valence-corrected chi connectivity index (χ0v) is 17.3. The normalized spacial score (nSPS) is 12.6. The van der Waals surface area contributed by atoms with Crippen molar-refractivity contribution in [1.29, 1.82) is 0 Å². The van der Waals surface area contributed by atoms with Gasteiger partial charge in [-0.2, -0.15) is 0 Å². The van der Waals surface area contributed by atoms with Crippen LogP contribution in [0.3, 0.4) is 0 Å². The van der Waals surface area contributed by atoms with Gasteiger partial charge in [0.05, 0.1) is 39.1 Å². The molecular formula is C20H24FN5O2S. The number of aromatic nitrogens is 2. The number of pyridine rings is 1. The molecule has 3 rings (SSSR count). The number of anilines is 3. The van der Waals surface area contributed by atoms with Crippen LogP contribution in [0.1, 0.15) is 31.1 Å². The highest BCUT2D eigenvalue weighted by atomic mass is 32.1. The Bertz CT molecular complexity index is 1000. The lowest BCUT2D eigenvalue weighted by atomic mass is 10.0. The van der Waals surface area contributed by atoms with Crippen molar-refractivity contribution in [3.63, 3.8) is 0 Å². The SMILES string of the molecule is CCNc1cc(Nc2ccc3ncsc3c2)ncc1C(=O)NCC(F)C(C)(C)O. The fraction of sp³-hybridized carbons (Fsp3) is 0.350. The van der Waals surface area contributed by atoms with E-state index in [2.05, 4.69) is 25.9 Å². The molecule has 29 heavy (non-hydrogen) atoms. The van der Waals surface area contributed by atoms with Gasteiger partial charge in [-0.3, -0.25) is 4.79 Å². The number of benzene rings is 1. The van der Waals surface area contributed by atoms with E-state index in [1.165, 1.54) is 20.0 Å². The fourth-order valence-corrected chi connectivity index (χ4v) is 3.37. The molecule has 0 spiro atoms. The lowest BCUT2D eigenvalue weighted by Gasteiger charge is -2.22. The number of hydrogen-bond donors (Lipinski definition) is 4. The number of carbonyl (C=O) groups excluding carboxylic acids is 1. The summed E-state index contributed by atoms with van der Waals surface area (Å²) in [6, 6.07) is 7.56. The molecule has 3 aromatic rings. The molecular weight excluding hydrogens is 393 g/mol. The topological polar surface area (TPSA) is 99.2 Å². The van der Waals surface area contributed by atoms with Crippen molar-refractivity contribution in [2.45, 2.75) is 32.5 Å². The van der Waals surface area contributed by atoms with E-state index in [1.807, 2.05) is 25.1 Å². The lowest BCUT2D eigenvalue weighted by molar-refractivity contribution is -0.00177. The third kappa shape index (κ3) is 5.18. The highest BCUT2D eigenvalue weighted by Crippen LogP contribution is 2.26. The van der Waals surface area contributed by atoms with Gasteiger partial charge in [0.25, 0.3) is 5.91 Å². The molecule has 0 fully saturated rings. The van der Waals surface area contributed by atoms with Gasteiger partial charge in [-0.05, 0) is 39.0 Å². The van der Waals surface area contributed by atoms with E-state index in [9.17, 15) is 14.3 Å². The molecule has 0 saturated carbocycles. The Labute approximate surface area is 172 Å². The Kier molecular flexibility index (Phi) is 6.29. The first-order valence-corrected chi connectivity index (χ1v) is 10.1. The summed E-state index contributed by atoms with van der Waals surface area (Å²) in [4.78, 5) is 21.1. The Hall–Kier alpha value is -2.78. The van der Waals surface area contributed by atoms with Crippen molar-refractivity contribution in [2.24, 2.45) is 0 Å². The standard InChI is InChI=1S/C20H24FN5O2S/c1-4-22-15-8-18(26-12-5-6-14-16(7-12)29-11-25-14)23-9-13(15)19(27)24-10-17(21)20(2,3)28/h5-9,11,17,28H,4,10H2,1-3H3,(H,24,27)(H2,22,23,26). The van der Waals surface area contributed by atoms with E-state index in [0.717, 1.165) is 15.9 Å². The van der Waals surface area contributed by atoms with Crippen LogP contribution in [0.15, 0.2) is 36.0 Å². The Morgan fingerprint density at radius 3 is 2.83 bits per heavy atom. The zero-order chi connectivity index (χ0) is 21.0. The maximum atomic E-state index is 13.9. The number of fused-ring (bicyclic) bond motifs is 1. The van der Waals surface area contributed by atoms with Gasteiger partial charge >= 0.3 is 0 Å². The van der Waals surface area contributed by atoms with Gasteiger partial charge in [-0.25, -0.2) is 14.4 Å². The minimum atomic E-state index is -1.58. The number of nitrogens with zero attached hydrogens (tertiary/aromatic N) is 2. The number of aliphatic hydroxyl groups is 1. The van der Waals surface area contributed by atoms with E-state index < -0.39 is 17.7 Å². The molecule has 0 bridgehead atoms. The largest absolute Gasteiger partial charge is 0.387 e. The van der Waals surface area contributed by atoms with E-state index in [4.69, 9.17) is 0 Å². The number of thiazole rings is 1. The van der Waals surface area contributed by atoms with Gasteiger partial charge in [0, 0.05) is 24.5 Å². The van der Waals surface area contributed by atoms with E-state index in [1.54, 1.807) is 22.9 Å². The molecule has 0 radical (unpaired) electrons. The van der Waals surface area contributed by atoms with Crippen LogP contribution < -0.4 is 16.0 Å². The van der Waals surface area contributed by atoms with Crippen LogP contribution in [0.4, 0.5) is 21.6 Å². The van der Waals surface area contributed by atoms with Crippen LogP contribution in [0.25, 0.3) is 10.2 Å². The van der Waals surface area contributed by atoms with Gasteiger partial charge < -0.3 is 21.1 Å². The van der Waals surface area contributed by atoms with Crippen molar-refractivity contribution in [1.82, 2.24) is 15.3 Å². The number of carbonyl (C=O) groups is 1.